The number of hydrogen-bond donors (Lipinski definition) is 0. The molecule has 0 saturated carbocycles. The van der Waals surface area contributed by atoms with Crippen molar-refractivity contribution in [1.29, 1.82) is 0 Å². The summed E-state index contributed by atoms with van der Waals surface area (Å²) in [6.07, 6.45) is 0.306. The van der Waals surface area contributed by atoms with Gasteiger partial charge in [-0.15, -0.1) is 0 Å². The predicted octanol–water partition coefficient (Wildman–Crippen LogP) is 3.29. The van der Waals surface area contributed by atoms with Crippen molar-refractivity contribution in [2.75, 3.05) is 13.1 Å². The molecule has 1 fully saturated rings. The molecule has 1 amide bonds. The fourth-order valence-electron chi connectivity index (χ4n) is 5.33. The van der Waals surface area contributed by atoms with Crippen LogP contribution in [-0.2, 0) is 11.3 Å². The van der Waals surface area contributed by atoms with Crippen molar-refractivity contribution in [3.63, 3.8) is 0 Å². The van der Waals surface area contributed by atoms with E-state index in [1.54, 1.807) is 26.0 Å². The van der Waals surface area contributed by atoms with Gasteiger partial charge >= 0.3 is 5.63 Å². The van der Waals surface area contributed by atoms with E-state index in [1.165, 1.54) is 0 Å². The first-order valence-electron chi connectivity index (χ1n) is 11.4. The summed E-state index contributed by atoms with van der Waals surface area (Å²) in [5.74, 6) is 0.877. The maximum atomic E-state index is 13.3. The number of hydrogen-bond acceptors (Lipinski definition) is 5. The first-order valence-corrected chi connectivity index (χ1v) is 11.4. The lowest BCUT2D eigenvalue weighted by Gasteiger charge is -2.43. The molecule has 0 spiro atoms. The molecule has 3 atom stereocenters. The normalized spacial score (nSPS) is 20.4. The highest BCUT2D eigenvalue weighted by atomic mass is 16.5. The van der Waals surface area contributed by atoms with Gasteiger partial charge in [0.25, 0.3) is 11.5 Å². The van der Waals surface area contributed by atoms with Crippen LogP contribution in [0.1, 0.15) is 41.6 Å². The van der Waals surface area contributed by atoms with E-state index in [9.17, 15) is 14.4 Å². The Morgan fingerprint density at radius 3 is 2.61 bits per heavy atom. The van der Waals surface area contributed by atoms with Crippen molar-refractivity contribution in [1.82, 2.24) is 9.47 Å². The van der Waals surface area contributed by atoms with E-state index in [2.05, 4.69) is 0 Å². The summed E-state index contributed by atoms with van der Waals surface area (Å²) in [5, 5.41) is 0.869. The highest BCUT2D eigenvalue weighted by Crippen LogP contribution is 2.35. The third-order valence-electron chi connectivity index (χ3n) is 7.27. The third-order valence-corrected chi connectivity index (χ3v) is 7.27. The standard InChI is InChI=1S/C26H28N2O5/c1-14-15(2)26(31)33-24-16(3)22(9-8-20(14)24)32-17(4)25(30)27-11-18-10-19(13-27)21-6-5-7-23(29)28(21)12-18/h5-9,17-19H,10-13H2,1-4H3/t17-,18-,19+/m1/s1. The second kappa shape index (κ2) is 7.90. The van der Waals surface area contributed by atoms with Gasteiger partial charge in [0.2, 0.25) is 0 Å². The fourth-order valence-corrected chi connectivity index (χ4v) is 5.33. The zero-order valence-electron chi connectivity index (χ0n) is 19.4. The number of aromatic nitrogens is 1. The van der Waals surface area contributed by atoms with Crippen LogP contribution in [-0.4, -0.2) is 34.6 Å². The molecule has 7 nitrogen and oxygen atoms in total. The van der Waals surface area contributed by atoms with Crippen LogP contribution in [0.5, 0.6) is 5.75 Å². The average molecular weight is 449 g/mol. The molecule has 2 bridgehead atoms. The molecule has 0 radical (unpaired) electrons. The summed E-state index contributed by atoms with van der Waals surface area (Å²) in [5.41, 5.74) is 3.37. The number of rotatable bonds is 3. The van der Waals surface area contributed by atoms with Gasteiger partial charge in [-0.25, -0.2) is 4.79 Å². The van der Waals surface area contributed by atoms with Gasteiger partial charge in [0.15, 0.2) is 6.10 Å². The lowest BCUT2D eigenvalue weighted by Crippen LogP contribution is -2.52. The summed E-state index contributed by atoms with van der Waals surface area (Å²) in [6, 6.07) is 9.10. The van der Waals surface area contributed by atoms with Gasteiger partial charge < -0.3 is 18.6 Å². The van der Waals surface area contributed by atoms with Crippen molar-refractivity contribution in [3.8, 4) is 5.75 Å². The number of benzene rings is 1. The number of piperidine rings is 1. The number of fused-ring (bicyclic) bond motifs is 5. The Morgan fingerprint density at radius 2 is 1.82 bits per heavy atom. The van der Waals surface area contributed by atoms with Crippen molar-refractivity contribution >= 4 is 16.9 Å². The third kappa shape index (κ3) is 3.56. The number of amides is 1. The second-order valence-corrected chi connectivity index (χ2v) is 9.41. The molecule has 0 aliphatic carbocycles. The highest BCUT2D eigenvalue weighted by molar-refractivity contribution is 5.86. The van der Waals surface area contributed by atoms with Crippen molar-refractivity contribution in [2.45, 2.75) is 52.7 Å². The maximum absolute atomic E-state index is 13.3. The number of carbonyl (C=O) groups is 1. The summed E-state index contributed by atoms with van der Waals surface area (Å²) >= 11 is 0. The molecule has 1 aromatic carbocycles. The molecule has 0 N–H and O–H groups in total. The minimum atomic E-state index is -0.684. The SMILES string of the molecule is Cc1c(C)c2ccc(O[C@H](C)C(=O)N3C[C@H]4C[C@@H](C3)c3cccc(=O)n3C4)c(C)c2oc1=O. The van der Waals surface area contributed by atoms with E-state index in [1.807, 2.05) is 41.5 Å². The number of carbonyl (C=O) groups excluding carboxylic acids is 1. The van der Waals surface area contributed by atoms with E-state index in [0.717, 1.165) is 23.1 Å². The minimum absolute atomic E-state index is 0.0301. The molecular weight excluding hydrogens is 420 g/mol. The Kier molecular flexibility index (Phi) is 5.15. The van der Waals surface area contributed by atoms with Crippen molar-refractivity contribution in [3.05, 3.63) is 73.5 Å². The molecular formula is C26H28N2O5. The van der Waals surface area contributed by atoms with E-state index >= 15 is 0 Å². The van der Waals surface area contributed by atoms with Gasteiger partial charge in [-0.05, 0) is 63.8 Å². The van der Waals surface area contributed by atoms with Crippen LogP contribution in [0.4, 0.5) is 0 Å². The summed E-state index contributed by atoms with van der Waals surface area (Å²) in [4.78, 5) is 39.6. The minimum Gasteiger partial charge on any atom is -0.480 e. The van der Waals surface area contributed by atoms with Gasteiger partial charge in [-0.3, -0.25) is 9.59 Å². The van der Waals surface area contributed by atoms with Crippen LogP contribution >= 0.6 is 0 Å². The number of aryl methyl sites for hydroxylation is 2. The highest BCUT2D eigenvalue weighted by Gasteiger charge is 2.37. The summed E-state index contributed by atoms with van der Waals surface area (Å²) in [6.45, 7) is 9.10. The van der Waals surface area contributed by atoms with E-state index < -0.39 is 6.10 Å². The smallest absolute Gasteiger partial charge is 0.339 e. The monoisotopic (exact) mass is 448 g/mol. The van der Waals surface area contributed by atoms with Crippen LogP contribution in [0.25, 0.3) is 11.0 Å². The van der Waals surface area contributed by atoms with Crippen LogP contribution in [0.2, 0.25) is 0 Å². The molecule has 7 heteroatoms. The number of nitrogens with zero attached hydrogens (tertiary/aromatic N) is 2. The molecule has 1 saturated heterocycles. The molecule has 2 aromatic heterocycles. The topological polar surface area (TPSA) is 81.8 Å². The Bertz CT molecular complexity index is 1390. The molecule has 172 valence electrons. The number of ether oxygens (including phenoxy) is 1. The molecule has 33 heavy (non-hydrogen) atoms. The lowest BCUT2D eigenvalue weighted by atomic mass is 9.83. The molecule has 0 unspecified atom stereocenters. The lowest BCUT2D eigenvalue weighted by molar-refractivity contribution is -0.140. The van der Waals surface area contributed by atoms with Gasteiger partial charge in [-0.1, -0.05) is 6.07 Å². The van der Waals surface area contributed by atoms with E-state index in [4.69, 9.17) is 9.15 Å². The molecule has 3 aromatic rings. The fraction of sp³-hybridized carbons (Fsp3) is 0.423. The van der Waals surface area contributed by atoms with Crippen molar-refractivity contribution < 1.29 is 13.9 Å². The number of likely N-dealkylation sites (tertiary alicyclic amines) is 1. The summed E-state index contributed by atoms with van der Waals surface area (Å²) in [7, 11) is 0. The van der Waals surface area contributed by atoms with Crippen molar-refractivity contribution in [2.24, 2.45) is 5.92 Å². The first-order chi connectivity index (χ1) is 15.7. The average Bonchev–Trinajstić information content (AvgIpc) is 2.80. The van der Waals surface area contributed by atoms with E-state index in [-0.39, 0.29) is 28.9 Å². The van der Waals surface area contributed by atoms with Crippen LogP contribution < -0.4 is 15.9 Å². The van der Waals surface area contributed by atoms with Gasteiger partial charge in [0, 0.05) is 53.8 Å². The molecule has 2 aliphatic heterocycles. The summed E-state index contributed by atoms with van der Waals surface area (Å²) < 4.78 is 13.5. The van der Waals surface area contributed by atoms with Gasteiger partial charge in [-0.2, -0.15) is 0 Å². The Balaban J connectivity index is 1.37. The van der Waals surface area contributed by atoms with Gasteiger partial charge in [0.1, 0.15) is 11.3 Å². The van der Waals surface area contributed by atoms with Gasteiger partial charge in [0.05, 0.1) is 0 Å². The molecule has 5 rings (SSSR count). The zero-order chi connectivity index (χ0) is 23.4. The Morgan fingerprint density at radius 1 is 1.03 bits per heavy atom. The van der Waals surface area contributed by atoms with Crippen LogP contribution in [0.3, 0.4) is 0 Å². The van der Waals surface area contributed by atoms with Crippen LogP contribution in [0.15, 0.2) is 44.3 Å². The Labute approximate surface area is 191 Å². The quantitative estimate of drug-likeness (QED) is 0.575. The largest absolute Gasteiger partial charge is 0.480 e. The number of pyridine rings is 1. The zero-order valence-corrected chi connectivity index (χ0v) is 19.4. The molecule has 2 aliphatic rings. The first kappa shape index (κ1) is 21.5. The predicted molar refractivity (Wildman–Crippen MR) is 125 cm³/mol. The van der Waals surface area contributed by atoms with E-state index in [0.29, 0.717) is 42.1 Å². The maximum Gasteiger partial charge on any atom is 0.339 e. The second-order valence-electron chi connectivity index (χ2n) is 9.41. The van der Waals surface area contributed by atoms with Crippen LogP contribution in [0, 0.1) is 26.7 Å². The Hall–Kier alpha value is -3.35. The molecule has 4 heterocycles.